The van der Waals surface area contributed by atoms with Crippen LogP contribution in [0.2, 0.25) is 0 Å². The lowest BCUT2D eigenvalue weighted by molar-refractivity contribution is 0.466. The molecule has 0 saturated carbocycles. The second kappa shape index (κ2) is 5.53. The van der Waals surface area contributed by atoms with Crippen molar-refractivity contribution in [2.45, 2.75) is 25.8 Å². The summed E-state index contributed by atoms with van der Waals surface area (Å²) in [6.07, 6.45) is 3.92. The number of hydrogen-bond donors (Lipinski definition) is 1. The average molecular weight is 341 g/mol. The van der Waals surface area contributed by atoms with Crippen molar-refractivity contribution in [1.29, 1.82) is 0 Å². The van der Waals surface area contributed by atoms with Gasteiger partial charge in [-0.05, 0) is 47.9 Å². The van der Waals surface area contributed by atoms with Crippen molar-refractivity contribution in [3.05, 3.63) is 45.7 Å². The number of rotatable bonds is 4. The Bertz CT molecular complexity index is 479. The van der Waals surface area contributed by atoms with E-state index in [1.807, 2.05) is 16.9 Å². The number of nitrogens with zero attached hydrogens (tertiary/aromatic N) is 2. The molecule has 1 aromatic heterocycles. The summed E-state index contributed by atoms with van der Waals surface area (Å²) < 4.78 is 2.93. The van der Waals surface area contributed by atoms with Crippen molar-refractivity contribution < 1.29 is 0 Å². The molecule has 90 valence electrons. The first-order valence-corrected chi connectivity index (χ1v) is 6.78. The molecule has 1 aromatic carbocycles. The van der Waals surface area contributed by atoms with Gasteiger partial charge in [0.15, 0.2) is 0 Å². The van der Waals surface area contributed by atoms with Crippen LogP contribution in [0.15, 0.2) is 36.5 Å². The van der Waals surface area contributed by atoms with Crippen LogP contribution in [0.4, 0.5) is 5.82 Å². The number of aromatic nitrogens is 2. The quantitative estimate of drug-likeness (QED) is 0.868. The number of nitrogen functional groups attached to an aromatic ring is 1. The average Bonchev–Trinajstić information content (AvgIpc) is 2.69. The van der Waals surface area contributed by atoms with E-state index in [0.717, 1.165) is 22.2 Å². The fraction of sp³-hybridized carbons (Fsp3) is 0.308. The lowest BCUT2D eigenvalue weighted by Gasteiger charge is -2.13. The molecule has 0 radical (unpaired) electrons. The minimum Gasteiger partial charge on any atom is -0.383 e. The molecule has 0 fully saturated rings. The molecular weight excluding hydrogens is 325 g/mol. The number of nitrogens with two attached hydrogens (primary N) is 1. The van der Waals surface area contributed by atoms with Crippen LogP contribution in [0.1, 0.15) is 24.9 Å². The second-order valence-electron chi connectivity index (χ2n) is 4.20. The van der Waals surface area contributed by atoms with Crippen LogP contribution < -0.4 is 5.73 Å². The molecule has 2 rings (SSSR count). The Hall–Kier alpha value is -1.04. The zero-order valence-electron chi connectivity index (χ0n) is 9.81. The van der Waals surface area contributed by atoms with Crippen molar-refractivity contribution in [2.75, 3.05) is 5.73 Å². The molecule has 0 bridgehead atoms. The number of aryl methyl sites for hydroxylation is 1. The third-order valence-electron chi connectivity index (χ3n) is 2.90. The molecule has 0 aliphatic carbocycles. The minimum absolute atomic E-state index is 0.332. The third-order valence-corrected chi connectivity index (χ3v) is 3.73. The van der Waals surface area contributed by atoms with Gasteiger partial charge in [0.2, 0.25) is 0 Å². The van der Waals surface area contributed by atoms with Gasteiger partial charge in [0.1, 0.15) is 5.82 Å². The van der Waals surface area contributed by atoms with Gasteiger partial charge in [-0.15, -0.1) is 0 Å². The van der Waals surface area contributed by atoms with Crippen LogP contribution in [-0.2, 0) is 6.42 Å². The Morgan fingerprint density at radius 3 is 2.65 bits per heavy atom. The maximum atomic E-state index is 5.97. The zero-order chi connectivity index (χ0) is 12.3. The van der Waals surface area contributed by atoms with Gasteiger partial charge in [-0.2, -0.15) is 5.10 Å². The van der Waals surface area contributed by atoms with Crippen LogP contribution in [0.5, 0.6) is 0 Å². The maximum Gasteiger partial charge on any atom is 0.135 e. The van der Waals surface area contributed by atoms with Crippen molar-refractivity contribution >= 4 is 28.4 Å². The highest BCUT2D eigenvalue weighted by Crippen LogP contribution is 2.21. The highest BCUT2D eigenvalue weighted by molar-refractivity contribution is 14.1. The van der Waals surface area contributed by atoms with Crippen molar-refractivity contribution in [3.63, 3.8) is 0 Å². The number of halogens is 1. The zero-order valence-corrected chi connectivity index (χ0v) is 12.0. The smallest absolute Gasteiger partial charge is 0.135 e. The summed E-state index contributed by atoms with van der Waals surface area (Å²) in [4.78, 5) is 0. The molecule has 0 aliphatic heterocycles. The predicted molar refractivity (Wildman–Crippen MR) is 78.8 cm³/mol. The molecule has 0 saturated heterocycles. The van der Waals surface area contributed by atoms with E-state index < -0.39 is 0 Å². The van der Waals surface area contributed by atoms with E-state index in [1.54, 1.807) is 0 Å². The molecule has 1 heterocycles. The summed E-state index contributed by atoms with van der Waals surface area (Å²) in [7, 11) is 0. The molecule has 1 atom stereocenters. The van der Waals surface area contributed by atoms with Crippen molar-refractivity contribution in [2.24, 2.45) is 0 Å². The van der Waals surface area contributed by atoms with Crippen LogP contribution in [0.3, 0.4) is 0 Å². The largest absolute Gasteiger partial charge is 0.383 e. The third kappa shape index (κ3) is 3.00. The van der Waals surface area contributed by atoms with Crippen LogP contribution in [0.25, 0.3) is 0 Å². The van der Waals surface area contributed by atoms with Crippen molar-refractivity contribution in [3.8, 4) is 0 Å². The van der Waals surface area contributed by atoms with Gasteiger partial charge in [0.05, 0.1) is 15.8 Å². The number of benzene rings is 1. The highest BCUT2D eigenvalue weighted by Gasteiger charge is 2.11. The standard InChI is InChI=1S/C13H16IN3/c1-10(17-13(15)12(14)9-16-17)7-8-11-5-3-2-4-6-11/h2-6,9-10H,7-8,15H2,1H3. The summed E-state index contributed by atoms with van der Waals surface area (Å²) in [5, 5.41) is 4.31. The number of hydrogen-bond acceptors (Lipinski definition) is 2. The van der Waals surface area contributed by atoms with Gasteiger partial charge in [0.25, 0.3) is 0 Å². The van der Waals surface area contributed by atoms with Gasteiger partial charge in [-0.3, -0.25) is 0 Å². The van der Waals surface area contributed by atoms with E-state index in [2.05, 4.69) is 58.9 Å². The Balaban J connectivity index is 1.98. The van der Waals surface area contributed by atoms with Gasteiger partial charge >= 0.3 is 0 Å². The molecular formula is C13H16IN3. The molecule has 2 N–H and O–H groups in total. The predicted octanol–water partition coefficient (Wildman–Crippen LogP) is 3.26. The Kier molecular flexibility index (Phi) is 4.04. The van der Waals surface area contributed by atoms with E-state index in [0.29, 0.717) is 6.04 Å². The molecule has 0 spiro atoms. The van der Waals surface area contributed by atoms with E-state index in [4.69, 9.17) is 5.73 Å². The summed E-state index contributed by atoms with van der Waals surface area (Å²) >= 11 is 2.21. The SMILES string of the molecule is CC(CCc1ccccc1)n1ncc(I)c1N. The van der Waals surface area contributed by atoms with E-state index in [-0.39, 0.29) is 0 Å². The molecule has 4 heteroatoms. The maximum absolute atomic E-state index is 5.97. The number of anilines is 1. The molecule has 17 heavy (non-hydrogen) atoms. The minimum atomic E-state index is 0.332. The van der Waals surface area contributed by atoms with Crippen LogP contribution in [-0.4, -0.2) is 9.78 Å². The summed E-state index contributed by atoms with van der Waals surface area (Å²) in [5.74, 6) is 0.770. The Morgan fingerprint density at radius 2 is 2.06 bits per heavy atom. The second-order valence-corrected chi connectivity index (χ2v) is 5.36. The van der Waals surface area contributed by atoms with E-state index in [9.17, 15) is 0 Å². The Labute approximate surface area is 115 Å². The molecule has 0 amide bonds. The lowest BCUT2D eigenvalue weighted by atomic mass is 10.1. The van der Waals surface area contributed by atoms with E-state index in [1.165, 1.54) is 5.56 Å². The summed E-state index contributed by atoms with van der Waals surface area (Å²) in [6, 6.07) is 10.8. The molecule has 3 nitrogen and oxygen atoms in total. The van der Waals surface area contributed by atoms with Crippen LogP contribution >= 0.6 is 22.6 Å². The van der Waals surface area contributed by atoms with Gasteiger partial charge in [0, 0.05) is 0 Å². The van der Waals surface area contributed by atoms with Gasteiger partial charge in [-0.1, -0.05) is 30.3 Å². The first kappa shape index (κ1) is 12.4. The fourth-order valence-corrected chi connectivity index (χ4v) is 2.22. The van der Waals surface area contributed by atoms with E-state index >= 15 is 0 Å². The van der Waals surface area contributed by atoms with Crippen LogP contribution in [0, 0.1) is 3.57 Å². The Morgan fingerprint density at radius 1 is 1.35 bits per heavy atom. The molecule has 1 unspecified atom stereocenters. The first-order chi connectivity index (χ1) is 8.18. The van der Waals surface area contributed by atoms with Crippen molar-refractivity contribution in [1.82, 2.24) is 9.78 Å². The first-order valence-electron chi connectivity index (χ1n) is 5.71. The summed E-state index contributed by atoms with van der Waals surface area (Å²) in [5.41, 5.74) is 7.33. The normalized spacial score (nSPS) is 12.6. The summed E-state index contributed by atoms with van der Waals surface area (Å²) in [6.45, 7) is 2.16. The van der Waals surface area contributed by atoms with Gasteiger partial charge in [-0.25, -0.2) is 4.68 Å². The highest BCUT2D eigenvalue weighted by atomic mass is 127. The molecule has 0 aliphatic rings. The van der Waals surface area contributed by atoms with Gasteiger partial charge < -0.3 is 5.73 Å². The topological polar surface area (TPSA) is 43.8 Å². The monoisotopic (exact) mass is 341 g/mol. The lowest BCUT2D eigenvalue weighted by Crippen LogP contribution is -2.11. The molecule has 2 aromatic rings. The fourth-order valence-electron chi connectivity index (χ4n) is 1.84.